The number of carbonyl (C=O) groups excluding carboxylic acids is 1. The topological polar surface area (TPSA) is 58.9 Å². The molecule has 27 heavy (non-hydrogen) atoms. The molecule has 0 saturated heterocycles. The smallest absolute Gasteiger partial charge is 0.201 e. The van der Waals surface area contributed by atoms with E-state index in [0.717, 1.165) is 11.3 Å². The molecule has 1 aromatic rings. The highest BCUT2D eigenvalue weighted by Crippen LogP contribution is 2.45. The van der Waals surface area contributed by atoms with Gasteiger partial charge in [-0.3, -0.25) is 9.79 Å². The number of ketones is 1. The van der Waals surface area contributed by atoms with Crippen molar-refractivity contribution < 1.29 is 19.0 Å². The summed E-state index contributed by atoms with van der Waals surface area (Å²) in [6, 6.07) is 6.97. The highest BCUT2D eigenvalue weighted by molar-refractivity contribution is 6.40. The number of aliphatic imine (C=N–C) groups is 1. The first-order chi connectivity index (χ1) is 12.8. The molecule has 1 heterocycles. The molecule has 5 heteroatoms. The van der Waals surface area contributed by atoms with E-state index >= 15 is 0 Å². The zero-order valence-corrected chi connectivity index (χ0v) is 15.5. The molecule has 138 valence electrons. The SMILES string of the molecule is COc1ccc(C2=C(O)/C(=C/C3=NC4=C(C=C(F)CC4)C3(C)C)C2=O)cc1. The van der Waals surface area contributed by atoms with Crippen molar-refractivity contribution in [2.75, 3.05) is 7.11 Å². The minimum absolute atomic E-state index is 0.0322. The van der Waals surface area contributed by atoms with Crippen LogP contribution >= 0.6 is 0 Å². The van der Waals surface area contributed by atoms with Crippen LogP contribution < -0.4 is 4.74 Å². The summed E-state index contributed by atoms with van der Waals surface area (Å²) in [6.45, 7) is 3.91. The zero-order chi connectivity index (χ0) is 19.3. The van der Waals surface area contributed by atoms with Crippen LogP contribution in [0.4, 0.5) is 4.39 Å². The maximum atomic E-state index is 13.7. The third-order valence-electron chi connectivity index (χ3n) is 5.40. The van der Waals surface area contributed by atoms with Gasteiger partial charge in [0.25, 0.3) is 0 Å². The van der Waals surface area contributed by atoms with Gasteiger partial charge < -0.3 is 9.84 Å². The number of allylic oxidation sites excluding steroid dienone is 7. The Hall–Kier alpha value is -2.95. The molecule has 0 saturated carbocycles. The number of rotatable bonds is 3. The first-order valence-corrected chi connectivity index (χ1v) is 8.86. The molecule has 4 nitrogen and oxygen atoms in total. The summed E-state index contributed by atoms with van der Waals surface area (Å²) in [6.07, 6.45) is 4.10. The van der Waals surface area contributed by atoms with Crippen molar-refractivity contribution in [2.45, 2.75) is 26.7 Å². The summed E-state index contributed by atoms with van der Waals surface area (Å²) in [5, 5.41) is 10.5. The molecule has 0 bridgehead atoms. The number of methoxy groups -OCH3 is 1. The number of Topliss-reactive ketones (excluding diaryl/α,β-unsaturated/α-hetero) is 1. The van der Waals surface area contributed by atoms with Crippen molar-refractivity contribution in [3.05, 3.63) is 70.4 Å². The molecule has 2 aliphatic carbocycles. The van der Waals surface area contributed by atoms with E-state index < -0.39 is 5.41 Å². The van der Waals surface area contributed by atoms with Gasteiger partial charge >= 0.3 is 0 Å². The number of carbonyl (C=O) groups is 1. The van der Waals surface area contributed by atoms with E-state index in [1.807, 2.05) is 13.8 Å². The monoisotopic (exact) mass is 365 g/mol. The van der Waals surface area contributed by atoms with Crippen molar-refractivity contribution in [3.63, 3.8) is 0 Å². The van der Waals surface area contributed by atoms with Gasteiger partial charge in [0.15, 0.2) is 0 Å². The molecule has 1 aliphatic heterocycles. The maximum Gasteiger partial charge on any atom is 0.201 e. The predicted octanol–water partition coefficient (Wildman–Crippen LogP) is 4.86. The molecule has 1 aromatic carbocycles. The number of ether oxygens (including phenoxy) is 1. The fraction of sp³-hybridized carbons (Fsp3) is 0.273. The second kappa shape index (κ2) is 6.05. The standard InChI is InChI=1S/C22H20FNO3/c1-22(2)16-10-13(23)6-9-17(16)24-18(22)11-15-20(25)19(21(15)26)12-4-7-14(27-3)8-5-12/h4-5,7-8,10-11,25H,6,9H2,1-3H3/b15-11-. The second-order valence-corrected chi connectivity index (χ2v) is 7.41. The largest absolute Gasteiger partial charge is 0.506 e. The van der Waals surface area contributed by atoms with Crippen LogP contribution in [-0.4, -0.2) is 23.7 Å². The van der Waals surface area contributed by atoms with Gasteiger partial charge in [0.05, 0.1) is 24.0 Å². The Labute approximate surface area is 157 Å². The van der Waals surface area contributed by atoms with Crippen LogP contribution in [0, 0.1) is 5.41 Å². The van der Waals surface area contributed by atoms with Gasteiger partial charge in [-0.1, -0.05) is 26.0 Å². The van der Waals surface area contributed by atoms with Gasteiger partial charge in [0.1, 0.15) is 17.3 Å². The van der Waals surface area contributed by atoms with E-state index in [0.29, 0.717) is 35.4 Å². The van der Waals surface area contributed by atoms with E-state index in [1.165, 1.54) is 0 Å². The Morgan fingerprint density at radius 1 is 1.22 bits per heavy atom. The van der Waals surface area contributed by atoms with Crippen molar-refractivity contribution in [3.8, 4) is 5.75 Å². The Kier molecular flexibility index (Phi) is 3.91. The van der Waals surface area contributed by atoms with E-state index in [1.54, 1.807) is 43.5 Å². The van der Waals surface area contributed by atoms with E-state index in [9.17, 15) is 14.3 Å². The number of benzene rings is 1. The third kappa shape index (κ3) is 2.65. The van der Waals surface area contributed by atoms with Crippen molar-refractivity contribution in [1.82, 2.24) is 0 Å². The number of nitrogens with zero attached hydrogens (tertiary/aromatic N) is 1. The van der Waals surface area contributed by atoms with Crippen LogP contribution in [0.25, 0.3) is 5.57 Å². The summed E-state index contributed by atoms with van der Waals surface area (Å²) in [5.74, 6) is 0.286. The van der Waals surface area contributed by atoms with Crippen molar-refractivity contribution in [2.24, 2.45) is 10.4 Å². The lowest BCUT2D eigenvalue weighted by molar-refractivity contribution is -0.111. The predicted molar refractivity (Wildman–Crippen MR) is 102 cm³/mol. The Balaban J connectivity index is 1.66. The first-order valence-electron chi connectivity index (χ1n) is 8.86. The molecular weight excluding hydrogens is 345 g/mol. The summed E-state index contributed by atoms with van der Waals surface area (Å²) in [4.78, 5) is 17.2. The molecule has 0 aromatic heterocycles. The zero-order valence-electron chi connectivity index (χ0n) is 15.5. The fourth-order valence-electron chi connectivity index (χ4n) is 3.70. The minimum Gasteiger partial charge on any atom is -0.506 e. The van der Waals surface area contributed by atoms with Gasteiger partial charge in [0, 0.05) is 17.5 Å². The number of hydrogen-bond acceptors (Lipinski definition) is 4. The second-order valence-electron chi connectivity index (χ2n) is 7.41. The van der Waals surface area contributed by atoms with Crippen LogP contribution in [0.15, 0.2) is 69.8 Å². The maximum absolute atomic E-state index is 13.7. The summed E-state index contributed by atoms with van der Waals surface area (Å²) < 4.78 is 18.8. The molecule has 4 rings (SSSR count). The van der Waals surface area contributed by atoms with Crippen LogP contribution in [0.2, 0.25) is 0 Å². The molecular formula is C22H20FNO3. The number of aliphatic hydroxyl groups excluding tert-OH is 1. The number of hydrogen-bond donors (Lipinski definition) is 1. The normalized spacial score (nSPS) is 22.5. The van der Waals surface area contributed by atoms with Crippen LogP contribution in [0.5, 0.6) is 5.75 Å². The van der Waals surface area contributed by atoms with Crippen LogP contribution in [-0.2, 0) is 4.79 Å². The molecule has 3 aliphatic rings. The molecule has 1 N–H and O–H groups in total. The molecule has 0 spiro atoms. The Morgan fingerprint density at radius 3 is 2.56 bits per heavy atom. The van der Waals surface area contributed by atoms with Gasteiger partial charge in [-0.15, -0.1) is 0 Å². The van der Waals surface area contributed by atoms with Gasteiger partial charge in [-0.2, -0.15) is 0 Å². The van der Waals surface area contributed by atoms with Crippen LogP contribution in [0.3, 0.4) is 0 Å². The highest BCUT2D eigenvalue weighted by atomic mass is 19.1. The molecule has 0 amide bonds. The minimum atomic E-state index is -0.503. The fourth-order valence-corrected chi connectivity index (χ4v) is 3.70. The summed E-state index contributed by atoms with van der Waals surface area (Å²) in [5.41, 5.74) is 3.06. The van der Waals surface area contributed by atoms with Crippen molar-refractivity contribution in [1.29, 1.82) is 0 Å². The first kappa shape index (κ1) is 17.5. The molecule has 0 atom stereocenters. The Bertz CT molecular complexity index is 1000. The van der Waals surface area contributed by atoms with Crippen LogP contribution in [0.1, 0.15) is 32.3 Å². The quantitative estimate of drug-likeness (QED) is 0.779. The average molecular weight is 365 g/mol. The highest BCUT2D eigenvalue weighted by Gasteiger charge is 2.40. The van der Waals surface area contributed by atoms with E-state index in [-0.39, 0.29) is 22.9 Å². The average Bonchev–Trinajstić information content (AvgIpc) is 2.90. The lowest BCUT2D eigenvalue weighted by atomic mass is 9.76. The number of aliphatic hydroxyl groups is 1. The molecule has 0 fully saturated rings. The summed E-state index contributed by atoms with van der Waals surface area (Å²) >= 11 is 0. The van der Waals surface area contributed by atoms with E-state index in [2.05, 4.69) is 4.99 Å². The number of halogens is 1. The summed E-state index contributed by atoms with van der Waals surface area (Å²) in [7, 11) is 1.57. The van der Waals surface area contributed by atoms with Crippen molar-refractivity contribution >= 4 is 17.1 Å². The molecule has 0 unspecified atom stereocenters. The van der Waals surface area contributed by atoms with Gasteiger partial charge in [-0.05, 0) is 41.8 Å². The van der Waals surface area contributed by atoms with Gasteiger partial charge in [0.2, 0.25) is 5.78 Å². The lowest BCUT2D eigenvalue weighted by Gasteiger charge is -2.26. The van der Waals surface area contributed by atoms with Gasteiger partial charge in [-0.25, -0.2) is 4.39 Å². The Morgan fingerprint density at radius 2 is 1.93 bits per heavy atom. The lowest BCUT2D eigenvalue weighted by Crippen LogP contribution is -2.26. The molecule has 0 radical (unpaired) electrons. The van der Waals surface area contributed by atoms with E-state index in [4.69, 9.17) is 4.74 Å². The third-order valence-corrected chi connectivity index (χ3v) is 5.40.